The van der Waals surface area contributed by atoms with Crippen molar-refractivity contribution in [3.63, 3.8) is 0 Å². The van der Waals surface area contributed by atoms with E-state index in [4.69, 9.17) is 4.74 Å². The van der Waals surface area contributed by atoms with E-state index in [1.54, 1.807) is 0 Å². The van der Waals surface area contributed by atoms with Gasteiger partial charge in [-0.15, -0.1) is 0 Å². The zero-order chi connectivity index (χ0) is 45.8. The van der Waals surface area contributed by atoms with Gasteiger partial charge in [-0.1, -0.05) is 290 Å². The Morgan fingerprint density at radius 2 is 0.651 bits per heavy atom. The lowest BCUT2D eigenvalue weighted by Crippen LogP contribution is -2.45. The second kappa shape index (κ2) is 53.5. The largest absolute Gasteiger partial charge is 0.466 e. The van der Waals surface area contributed by atoms with Gasteiger partial charge in [0, 0.05) is 12.8 Å². The molecule has 376 valence electrons. The van der Waals surface area contributed by atoms with E-state index >= 15 is 0 Å². The molecule has 0 aliphatic carbocycles. The molecule has 0 saturated carbocycles. The van der Waals surface area contributed by atoms with E-state index in [1.807, 2.05) is 0 Å². The number of rotatable bonds is 54. The molecule has 0 heterocycles. The van der Waals surface area contributed by atoms with Crippen LogP contribution in [-0.2, 0) is 14.3 Å². The molecular formula is C57H113NO5. The Labute approximate surface area is 394 Å². The zero-order valence-electron chi connectivity index (χ0n) is 42.8. The lowest BCUT2D eigenvalue weighted by Gasteiger charge is -2.22. The van der Waals surface area contributed by atoms with Crippen LogP contribution in [0, 0.1) is 0 Å². The molecule has 0 aliphatic heterocycles. The van der Waals surface area contributed by atoms with Gasteiger partial charge < -0.3 is 20.3 Å². The lowest BCUT2D eigenvalue weighted by atomic mass is 10.0. The number of ether oxygens (including phenoxy) is 1. The minimum absolute atomic E-state index is 0.0107. The van der Waals surface area contributed by atoms with Gasteiger partial charge in [0.15, 0.2) is 0 Å². The van der Waals surface area contributed by atoms with Gasteiger partial charge in [0.2, 0.25) is 5.91 Å². The van der Waals surface area contributed by atoms with E-state index < -0.39 is 12.1 Å². The van der Waals surface area contributed by atoms with Crippen molar-refractivity contribution in [2.24, 2.45) is 0 Å². The summed E-state index contributed by atoms with van der Waals surface area (Å²) in [6.07, 6.45) is 61.0. The topological polar surface area (TPSA) is 95.9 Å². The summed E-state index contributed by atoms with van der Waals surface area (Å²) in [4.78, 5) is 24.5. The van der Waals surface area contributed by atoms with Crippen LogP contribution < -0.4 is 5.32 Å². The summed E-state index contributed by atoms with van der Waals surface area (Å²) in [6, 6.07) is -0.542. The Hall–Kier alpha value is -1.14. The first kappa shape index (κ1) is 61.9. The zero-order valence-corrected chi connectivity index (χ0v) is 42.8. The Balaban J connectivity index is 3.35. The van der Waals surface area contributed by atoms with Crippen molar-refractivity contribution < 1.29 is 24.5 Å². The van der Waals surface area contributed by atoms with E-state index in [0.29, 0.717) is 25.9 Å². The molecule has 63 heavy (non-hydrogen) atoms. The Morgan fingerprint density at radius 3 is 0.968 bits per heavy atom. The van der Waals surface area contributed by atoms with Crippen LogP contribution in [0.5, 0.6) is 0 Å². The molecule has 2 atom stereocenters. The fraction of sp³-hybridized carbons (Fsp3) is 0.965. The molecule has 6 heteroatoms. The molecule has 0 aliphatic rings. The predicted octanol–water partition coefficient (Wildman–Crippen LogP) is 17.5. The third-order valence-electron chi connectivity index (χ3n) is 13.7. The van der Waals surface area contributed by atoms with E-state index in [1.165, 1.54) is 257 Å². The number of carbonyl (C=O) groups excluding carboxylic acids is 2. The minimum Gasteiger partial charge on any atom is -0.466 e. The van der Waals surface area contributed by atoms with Gasteiger partial charge in [-0.05, 0) is 25.7 Å². The van der Waals surface area contributed by atoms with Gasteiger partial charge in [0.25, 0.3) is 0 Å². The molecule has 0 aromatic rings. The van der Waals surface area contributed by atoms with Crippen LogP contribution in [0.1, 0.15) is 328 Å². The quantitative estimate of drug-likeness (QED) is 0.0418. The van der Waals surface area contributed by atoms with Gasteiger partial charge in [0.1, 0.15) is 0 Å². The summed E-state index contributed by atoms with van der Waals surface area (Å²) >= 11 is 0. The maximum atomic E-state index is 12.4. The van der Waals surface area contributed by atoms with Gasteiger partial charge >= 0.3 is 5.97 Å². The van der Waals surface area contributed by atoms with Gasteiger partial charge in [-0.3, -0.25) is 9.59 Å². The van der Waals surface area contributed by atoms with Gasteiger partial charge in [-0.2, -0.15) is 0 Å². The second-order valence-corrected chi connectivity index (χ2v) is 20.0. The summed E-state index contributed by atoms with van der Waals surface area (Å²) in [6.45, 7) is 4.95. The monoisotopic (exact) mass is 892 g/mol. The molecular weight excluding hydrogens is 779 g/mol. The molecule has 0 radical (unpaired) electrons. The summed E-state index contributed by atoms with van der Waals surface area (Å²) in [5, 5.41) is 23.1. The van der Waals surface area contributed by atoms with Crippen molar-refractivity contribution >= 4 is 11.9 Å². The molecule has 3 N–H and O–H groups in total. The highest BCUT2D eigenvalue weighted by atomic mass is 16.5. The van der Waals surface area contributed by atoms with Crippen LogP contribution in [0.4, 0.5) is 0 Å². The third kappa shape index (κ3) is 50.1. The number of hydrogen-bond donors (Lipinski definition) is 3. The predicted molar refractivity (Wildman–Crippen MR) is 274 cm³/mol. The summed E-state index contributed by atoms with van der Waals surface area (Å²) in [5.41, 5.74) is 0. The smallest absolute Gasteiger partial charge is 0.305 e. The summed E-state index contributed by atoms with van der Waals surface area (Å²) in [7, 11) is 0. The van der Waals surface area contributed by atoms with E-state index in [-0.39, 0.29) is 18.5 Å². The third-order valence-corrected chi connectivity index (χ3v) is 13.7. The number of nitrogens with one attached hydrogen (secondary N) is 1. The standard InChI is InChI=1S/C57H113NO5/c1-3-5-7-9-11-13-15-16-17-18-19-22-25-28-31-35-39-43-47-51-57(62)63-52-48-44-40-36-32-29-26-23-20-21-24-27-30-34-38-42-46-50-56(61)58-54(53-59)55(60)49-45-41-37-33-14-12-10-8-6-4-2/h54-55,59-60H,3-53H2,1-2H3,(H,58,61). The van der Waals surface area contributed by atoms with E-state index in [2.05, 4.69) is 19.2 Å². The molecule has 0 aromatic heterocycles. The van der Waals surface area contributed by atoms with Crippen molar-refractivity contribution in [3.8, 4) is 0 Å². The van der Waals surface area contributed by atoms with Gasteiger partial charge in [0.05, 0.1) is 25.4 Å². The summed E-state index contributed by atoms with van der Waals surface area (Å²) < 4.78 is 5.49. The summed E-state index contributed by atoms with van der Waals surface area (Å²) in [5.74, 6) is -0.0294. The van der Waals surface area contributed by atoms with Crippen molar-refractivity contribution in [3.05, 3.63) is 0 Å². The molecule has 0 fully saturated rings. The van der Waals surface area contributed by atoms with Crippen LogP contribution >= 0.6 is 0 Å². The molecule has 2 unspecified atom stereocenters. The number of aliphatic hydroxyl groups excluding tert-OH is 2. The highest BCUT2D eigenvalue weighted by Gasteiger charge is 2.20. The number of aliphatic hydroxyl groups is 2. The molecule has 0 saturated heterocycles. The van der Waals surface area contributed by atoms with Crippen LogP contribution in [0.3, 0.4) is 0 Å². The number of esters is 1. The van der Waals surface area contributed by atoms with Crippen molar-refractivity contribution in [1.82, 2.24) is 5.32 Å². The Kier molecular flexibility index (Phi) is 52.5. The van der Waals surface area contributed by atoms with Crippen molar-refractivity contribution in [2.75, 3.05) is 13.2 Å². The van der Waals surface area contributed by atoms with Crippen LogP contribution in [0.2, 0.25) is 0 Å². The molecule has 0 aromatic carbocycles. The maximum absolute atomic E-state index is 12.4. The number of hydrogen-bond acceptors (Lipinski definition) is 5. The highest BCUT2D eigenvalue weighted by Crippen LogP contribution is 2.18. The second-order valence-electron chi connectivity index (χ2n) is 20.0. The molecule has 0 bridgehead atoms. The SMILES string of the molecule is CCCCCCCCCCCCCCCCCCCCCC(=O)OCCCCCCCCCCCCCCCCCCCC(=O)NC(CO)C(O)CCCCCCCCCCCC. The van der Waals surface area contributed by atoms with E-state index in [0.717, 1.165) is 38.5 Å². The average molecular weight is 893 g/mol. The molecule has 6 nitrogen and oxygen atoms in total. The molecule has 0 spiro atoms. The van der Waals surface area contributed by atoms with Crippen LogP contribution in [-0.4, -0.2) is 47.4 Å². The number of carbonyl (C=O) groups is 2. The fourth-order valence-corrected chi connectivity index (χ4v) is 9.23. The van der Waals surface area contributed by atoms with Crippen LogP contribution in [0.25, 0.3) is 0 Å². The minimum atomic E-state index is -0.664. The maximum Gasteiger partial charge on any atom is 0.305 e. The van der Waals surface area contributed by atoms with Crippen molar-refractivity contribution in [1.29, 1.82) is 0 Å². The van der Waals surface area contributed by atoms with Gasteiger partial charge in [-0.25, -0.2) is 0 Å². The normalized spacial score (nSPS) is 12.5. The number of unbranched alkanes of at least 4 members (excludes halogenated alkanes) is 43. The Morgan fingerprint density at radius 1 is 0.381 bits per heavy atom. The first-order valence-electron chi connectivity index (χ1n) is 28.8. The lowest BCUT2D eigenvalue weighted by molar-refractivity contribution is -0.143. The first-order valence-corrected chi connectivity index (χ1v) is 28.8. The Bertz CT molecular complexity index is 898. The van der Waals surface area contributed by atoms with E-state index in [9.17, 15) is 19.8 Å². The highest BCUT2D eigenvalue weighted by molar-refractivity contribution is 5.76. The van der Waals surface area contributed by atoms with Crippen molar-refractivity contribution in [2.45, 2.75) is 341 Å². The average Bonchev–Trinajstić information content (AvgIpc) is 3.28. The molecule has 0 rings (SSSR count). The molecule has 1 amide bonds. The number of amides is 1. The fourth-order valence-electron chi connectivity index (χ4n) is 9.23. The van der Waals surface area contributed by atoms with Crippen LogP contribution in [0.15, 0.2) is 0 Å². The first-order chi connectivity index (χ1) is 31.0.